The predicted octanol–water partition coefficient (Wildman–Crippen LogP) is 1.50. The zero-order valence-electron chi connectivity index (χ0n) is 10.9. The van der Waals surface area contributed by atoms with Crippen LogP contribution in [0.15, 0.2) is 24.3 Å². The number of carbonyl (C=O) groups excluding carboxylic acids is 1. The molecule has 18 heavy (non-hydrogen) atoms. The molecule has 0 radical (unpaired) electrons. The number of carbonyl (C=O) groups is 1. The Morgan fingerprint density at radius 1 is 1.44 bits per heavy atom. The summed E-state index contributed by atoms with van der Waals surface area (Å²) in [5.74, 6) is 1.27. The van der Waals surface area contributed by atoms with Gasteiger partial charge in [0, 0.05) is 24.7 Å². The van der Waals surface area contributed by atoms with Crippen LogP contribution in [0.25, 0.3) is 0 Å². The second kappa shape index (κ2) is 5.40. The molecule has 1 aromatic rings. The molecule has 1 aliphatic heterocycles. The summed E-state index contributed by atoms with van der Waals surface area (Å²) in [7, 11) is 1.62. The van der Waals surface area contributed by atoms with Crippen LogP contribution < -0.4 is 10.5 Å². The van der Waals surface area contributed by atoms with E-state index in [2.05, 4.69) is 0 Å². The highest BCUT2D eigenvalue weighted by molar-refractivity contribution is 5.94. The van der Waals surface area contributed by atoms with Crippen LogP contribution >= 0.6 is 0 Å². The molecular weight excluding hydrogens is 228 g/mol. The van der Waals surface area contributed by atoms with E-state index in [0.717, 1.165) is 25.3 Å². The first-order valence-corrected chi connectivity index (χ1v) is 6.30. The van der Waals surface area contributed by atoms with E-state index in [4.69, 9.17) is 10.5 Å². The summed E-state index contributed by atoms with van der Waals surface area (Å²) in [4.78, 5) is 14.1. The molecule has 0 saturated carbocycles. The summed E-state index contributed by atoms with van der Waals surface area (Å²) < 4.78 is 5.08. The molecule has 1 aromatic carbocycles. The highest BCUT2D eigenvalue weighted by Crippen LogP contribution is 2.21. The number of rotatable bonds is 3. The van der Waals surface area contributed by atoms with Crippen LogP contribution in [-0.4, -0.2) is 37.0 Å². The Morgan fingerprint density at radius 3 is 2.61 bits per heavy atom. The number of nitrogens with zero attached hydrogens (tertiary/aromatic N) is 1. The summed E-state index contributed by atoms with van der Waals surface area (Å²) >= 11 is 0. The van der Waals surface area contributed by atoms with E-state index < -0.39 is 0 Å². The minimum atomic E-state index is 0.0841. The molecule has 0 bridgehead atoms. The van der Waals surface area contributed by atoms with Crippen molar-refractivity contribution < 1.29 is 9.53 Å². The van der Waals surface area contributed by atoms with Gasteiger partial charge in [-0.3, -0.25) is 4.79 Å². The molecule has 2 atom stereocenters. The molecule has 0 aliphatic carbocycles. The van der Waals surface area contributed by atoms with Crippen molar-refractivity contribution in [1.82, 2.24) is 4.90 Å². The molecule has 2 unspecified atom stereocenters. The van der Waals surface area contributed by atoms with Gasteiger partial charge in [-0.05, 0) is 43.5 Å². The van der Waals surface area contributed by atoms with Gasteiger partial charge in [0.2, 0.25) is 0 Å². The molecule has 1 saturated heterocycles. The number of nitrogens with two attached hydrogens (primary N) is 1. The maximum absolute atomic E-state index is 12.3. The smallest absolute Gasteiger partial charge is 0.253 e. The van der Waals surface area contributed by atoms with Crippen molar-refractivity contribution in [2.75, 3.05) is 20.2 Å². The fourth-order valence-electron chi connectivity index (χ4n) is 2.32. The molecule has 4 nitrogen and oxygen atoms in total. The summed E-state index contributed by atoms with van der Waals surface area (Å²) in [6.07, 6.45) is 1.000. The van der Waals surface area contributed by atoms with Crippen LogP contribution in [0, 0.1) is 5.92 Å². The highest BCUT2D eigenvalue weighted by atomic mass is 16.5. The number of benzene rings is 1. The lowest BCUT2D eigenvalue weighted by Gasteiger charge is -2.18. The average Bonchev–Trinajstić information content (AvgIpc) is 2.88. The number of ether oxygens (including phenoxy) is 1. The molecule has 1 aliphatic rings. The number of hydrogen-bond donors (Lipinski definition) is 1. The van der Waals surface area contributed by atoms with Gasteiger partial charge in [-0.2, -0.15) is 0 Å². The van der Waals surface area contributed by atoms with Crippen molar-refractivity contribution in [1.29, 1.82) is 0 Å². The Labute approximate surface area is 108 Å². The molecule has 1 heterocycles. The van der Waals surface area contributed by atoms with E-state index >= 15 is 0 Å². The molecule has 98 valence electrons. The SMILES string of the molecule is COc1ccc(C(=O)N2CCC(C(C)N)C2)cc1. The Morgan fingerprint density at radius 2 is 2.11 bits per heavy atom. The Kier molecular flexibility index (Phi) is 3.87. The van der Waals surface area contributed by atoms with Crippen LogP contribution in [0.2, 0.25) is 0 Å². The van der Waals surface area contributed by atoms with Crippen molar-refractivity contribution in [2.24, 2.45) is 11.7 Å². The quantitative estimate of drug-likeness (QED) is 0.882. The second-order valence-corrected chi connectivity index (χ2v) is 4.89. The number of hydrogen-bond acceptors (Lipinski definition) is 3. The van der Waals surface area contributed by atoms with E-state index in [1.807, 2.05) is 24.0 Å². The first kappa shape index (κ1) is 12.9. The average molecular weight is 248 g/mol. The monoisotopic (exact) mass is 248 g/mol. The lowest BCUT2D eigenvalue weighted by atomic mass is 10.0. The lowest BCUT2D eigenvalue weighted by Crippen LogP contribution is -2.32. The van der Waals surface area contributed by atoms with Crippen LogP contribution in [0.1, 0.15) is 23.7 Å². The van der Waals surface area contributed by atoms with Crippen LogP contribution in [0.4, 0.5) is 0 Å². The zero-order valence-corrected chi connectivity index (χ0v) is 10.9. The van der Waals surface area contributed by atoms with E-state index in [1.54, 1.807) is 19.2 Å². The summed E-state index contributed by atoms with van der Waals surface area (Å²) in [5.41, 5.74) is 6.59. The second-order valence-electron chi connectivity index (χ2n) is 4.89. The van der Waals surface area contributed by atoms with Crippen LogP contribution in [-0.2, 0) is 0 Å². The Bertz CT molecular complexity index is 414. The molecule has 0 aromatic heterocycles. The predicted molar refractivity (Wildman–Crippen MR) is 70.7 cm³/mol. The third-order valence-electron chi connectivity index (χ3n) is 3.59. The van der Waals surface area contributed by atoms with Crippen molar-refractivity contribution >= 4 is 5.91 Å². The van der Waals surface area contributed by atoms with E-state index in [1.165, 1.54) is 0 Å². The summed E-state index contributed by atoms with van der Waals surface area (Å²) in [6.45, 7) is 3.58. The van der Waals surface area contributed by atoms with Gasteiger partial charge in [-0.15, -0.1) is 0 Å². The largest absolute Gasteiger partial charge is 0.497 e. The Balaban J connectivity index is 2.03. The highest BCUT2D eigenvalue weighted by Gasteiger charge is 2.28. The zero-order chi connectivity index (χ0) is 13.1. The minimum Gasteiger partial charge on any atom is -0.497 e. The van der Waals surface area contributed by atoms with Gasteiger partial charge < -0.3 is 15.4 Å². The third-order valence-corrected chi connectivity index (χ3v) is 3.59. The number of amides is 1. The molecule has 2 N–H and O–H groups in total. The van der Waals surface area contributed by atoms with Gasteiger partial charge in [-0.1, -0.05) is 0 Å². The van der Waals surface area contributed by atoms with E-state index in [-0.39, 0.29) is 11.9 Å². The van der Waals surface area contributed by atoms with E-state index in [9.17, 15) is 4.79 Å². The summed E-state index contributed by atoms with van der Waals surface area (Å²) in [5, 5.41) is 0. The molecular formula is C14H20N2O2. The van der Waals surface area contributed by atoms with Crippen molar-refractivity contribution in [3.05, 3.63) is 29.8 Å². The Hall–Kier alpha value is -1.55. The standard InChI is InChI=1S/C14H20N2O2/c1-10(15)12-7-8-16(9-12)14(17)11-3-5-13(18-2)6-4-11/h3-6,10,12H,7-9,15H2,1-2H3. The maximum atomic E-state index is 12.3. The number of methoxy groups -OCH3 is 1. The van der Waals surface area contributed by atoms with Gasteiger partial charge in [0.15, 0.2) is 0 Å². The lowest BCUT2D eigenvalue weighted by molar-refractivity contribution is 0.0786. The van der Waals surface area contributed by atoms with Crippen LogP contribution in [0.3, 0.4) is 0 Å². The first-order chi connectivity index (χ1) is 8.61. The fraction of sp³-hybridized carbons (Fsp3) is 0.500. The van der Waals surface area contributed by atoms with Crippen LogP contribution in [0.5, 0.6) is 5.75 Å². The third kappa shape index (κ3) is 2.64. The van der Waals surface area contributed by atoms with Crippen molar-refractivity contribution in [3.63, 3.8) is 0 Å². The van der Waals surface area contributed by atoms with Gasteiger partial charge in [0.1, 0.15) is 5.75 Å². The minimum absolute atomic E-state index is 0.0841. The van der Waals surface area contributed by atoms with Gasteiger partial charge in [-0.25, -0.2) is 0 Å². The van der Waals surface area contributed by atoms with Gasteiger partial charge in [0.25, 0.3) is 5.91 Å². The molecule has 1 fully saturated rings. The van der Waals surface area contributed by atoms with Gasteiger partial charge >= 0.3 is 0 Å². The van der Waals surface area contributed by atoms with Crippen molar-refractivity contribution in [3.8, 4) is 5.75 Å². The van der Waals surface area contributed by atoms with E-state index in [0.29, 0.717) is 11.5 Å². The molecule has 2 rings (SSSR count). The molecule has 4 heteroatoms. The van der Waals surface area contributed by atoms with Crippen molar-refractivity contribution in [2.45, 2.75) is 19.4 Å². The topological polar surface area (TPSA) is 55.6 Å². The summed E-state index contributed by atoms with van der Waals surface area (Å²) in [6, 6.07) is 7.39. The number of likely N-dealkylation sites (tertiary alicyclic amines) is 1. The maximum Gasteiger partial charge on any atom is 0.253 e. The fourth-order valence-corrected chi connectivity index (χ4v) is 2.32. The molecule has 0 spiro atoms. The first-order valence-electron chi connectivity index (χ1n) is 6.30. The van der Waals surface area contributed by atoms with Gasteiger partial charge in [0.05, 0.1) is 7.11 Å². The molecule has 1 amide bonds. The normalized spacial score (nSPS) is 20.8.